The van der Waals surface area contributed by atoms with E-state index in [0.29, 0.717) is 18.1 Å². The maximum absolute atomic E-state index is 5.86. The van der Waals surface area contributed by atoms with Crippen LogP contribution in [0.25, 0.3) is 10.9 Å². The third-order valence-electron chi connectivity index (χ3n) is 4.39. The second kappa shape index (κ2) is 6.02. The summed E-state index contributed by atoms with van der Waals surface area (Å²) in [5, 5.41) is 4.93. The Bertz CT molecular complexity index is 624. The third kappa shape index (κ3) is 3.03. The molecule has 1 aliphatic heterocycles. The van der Waals surface area contributed by atoms with Gasteiger partial charge in [-0.15, -0.1) is 0 Å². The lowest BCUT2D eigenvalue weighted by molar-refractivity contribution is -0.0160. The van der Waals surface area contributed by atoms with Crippen molar-refractivity contribution in [2.24, 2.45) is 5.92 Å². The standard InChI is InChI=1S/C18H24N2O/c1-12(2)17-11-14(8-10-21-17)20-16-7-6-13(3)18-15(16)5-4-9-19-18/h4-7,9,12,14,17,20H,8,10-11H2,1-3H3. The minimum absolute atomic E-state index is 0.367. The third-order valence-corrected chi connectivity index (χ3v) is 4.39. The quantitative estimate of drug-likeness (QED) is 0.919. The highest BCUT2D eigenvalue weighted by molar-refractivity contribution is 5.93. The molecular formula is C18H24N2O. The van der Waals surface area contributed by atoms with E-state index in [-0.39, 0.29) is 0 Å². The van der Waals surface area contributed by atoms with Crippen molar-refractivity contribution in [2.75, 3.05) is 11.9 Å². The van der Waals surface area contributed by atoms with Crippen molar-refractivity contribution in [3.8, 4) is 0 Å². The van der Waals surface area contributed by atoms with E-state index in [1.54, 1.807) is 0 Å². The number of fused-ring (bicyclic) bond motifs is 1. The number of aryl methyl sites for hydroxylation is 1. The molecule has 0 saturated carbocycles. The summed E-state index contributed by atoms with van der Waals surface area (Å²) in [5.74, 6) is 0.575. The molecule has 2 aromatic rings. The van der Waals surface area contributed by atoms with Crippen LogP contribution in [0.5, 0.6) is 0 Å². The molecule has 0 aliphatic carbocycles. The number of nitrogens with zero attached hydrogens (tertiary/aromatic N) is 1. The number of hydrogen-bond acceptors (Lipinski definition) is 3. The van der Waals surface area contributed by atoms with Gasteiger partial charge in [0, 0.05) is 29.9 Å². The Morgan fingerprint density at radius 2 is 2.14 bits per heavy atom. The smallest absolute Gasteiger partial charge is 0.0751 e. The Morgan fingerprint density at radius 3 is 2.95 bits per heavy atom. The van der Waals surface area contributed by atoms with Crippen LogP contribution in [0.15, 0.2) is 30.5 Å². The summed E-state index contributed by atoms with van der Waals surface area (Å²) < 4.78 is 5.86. The molecule has 0 radical (unpaired) electrons. The molecule has 3 rings (SSSR count). The van der Waals surface area contributed by atoms with Gasteiger partial charge in [0.15, 0.2) is 0 Å². The van der Waals surface area contributed by atoms with Gasteiger partial charge in [0.2, 0.25) is 0 Å². The van der Waals surface area contributed by atoms with E-state index in [4.69, 9.17) is 4.74 Å². The van der Waals surface area contributed by atoms with Crippen LogP contribution >= 0.6 is 0 Å². The van der Waals surface area contributed by atoms with Crippen molar-refractivity contribution in [1.29, 1.82) is 0 Å². The van der Waals surface area contributed by atoms with Crippen LogP contribution in [0.4, 0.5) is 5.69 Å². The molecule has 2 unspecified atom stereocenters. The molecule has 1 saturated heterocycles. The monoisotopic (exact) mass is 284 g/mol. The van der Waals surface area contributed by atoms with E-state index < -0.39 is 0 Å². The SMILES string of the molecule is Cc1ccc(NC2CCOC(C(C)C)C2)c2cccnc12. The van der Waals surface area contributed by atoms with Crippen molar-refractivity contribution < 1.29 is 4.74 Å². The number of rotatable bonds is 3. The summed E-state index contributed by atoms with van der Waals surface area (Å²) >= 11 is 0. The fourth-order valence-corrected chi connectivity index (χ4v) is 3.08. The molecule has 112 valence electrons. The predicted molar refractivity (Wildman–Crippen MR) is 87.7 cm³/mol. The zero-order valence-corrected chi connectivity index (χ0v) is 13.1. The van der Waals surface area contributed by atoms with E-state index in [1.807, 2.05) is 12.3 Å². The largest absolute Gasteiger partial charge is 0.382 e. The Kier molecular flexibility index (Phi) is 4.11. The first-order chi connectivity index (χ1) is 10.1. The first-order valence-corrected chi connectivity index (χ1v) is 7.87. The molecule has 3 nitrogen and oxygen atoms in total. The summed E-state index contributed by atoms with van der Waals surface area (Å²) in [7, 11) is 0. The Hall–Kier alpha value is -1.61. The van der Waals surface area contributed by atoms with E-state index in [1.165, 1.54) is 16.6 Å². The van der Waals surface area contributed by atoms with Gasteiger partial charge in [-0.1, -0.05) is 19.9 Å². The number of benzene rings is 1. The van der Waals surface area contributed by atoms with Crippen molar-refractivity contribution in [3.63, 3.8) is 0 Å². The van der Waals surface area contributed by atoms with Gasteiger partial charge in [0.25, 0.3) is 0 Å². The first kappa shape index (κ1) is 14.3. The maximum atomic E-state index is 5.86. The van der Waals surface area contributed by atoms with Crippen molar-refractivity contribution in [1.82, 2.24) is 4.98 Å². The minimum atomic E-state index is 0.367. The summed E-state index contributed by atoms with van der Waals surface area (Å²) in [6.45, 7) is 7.43. The number of anilines is 1. The molecule has 0 bridgehead atoms. The number of ether oxygens (including phenoxy) is 1. The van der Waals surface area contributed by atoms with Crippen LogP contribution in [-0.2, 0) is 4.74 Å². The lowest BCUT2D eigenvalue weighted by Gasteiger charge is -2.33. The van der Waals surface area contributed by atoms with Gasteiger partial charge in [0.1, 0.15) is 0 Å². The van der Waals surface area contributed by atoms with Gasteiger partial charge in [0.05, 0.1) is 11.6 Å². The maximum Gasteiger partial charge on any atom is 0.0751 e. The number of hydrogen-bond donors (Lipinski definition) is 1. The summed E-state index contributed by atoms with van der Waals surface area (Å²) in [6, 6.07) is 8.97. The number of aromatic nitrogens is 1. The van der Waals surface area contributed by atoms with Crippen LogP contribution < -0.4 is 5.32 Å². The summed E-state index contributed by atoms with van der Waals surface area (Å²) in [6.07, 6.45) is 4.38. The van der Waals surface area contributed by atoms with Crippen LogP contribution in [0, 0.1) is 12.8 Å². The van der Waals surface area contributed by atoms with Crippen LogP contribution in [0.3, 0.4) is 0 Å². The molecule has 2 heterocycles. The Balaban J connectivity index is 1.83. The fourth-order valence-electron chi connectivity index (χ4n) is 3.08. The van der Waals surface area contributed by atoms with Crippen LogP contribution in [-0.4, -0.2) is 23.7 Å². The molecule has 1 aromatic heterocycles. The topological polar surface area (TPSA) is 34.1 Å². The second-order valence-corrected chi connectivity index (χ2v) is 6.35. The number of nitrogens with one attached hydrogen (secondary N) is 1. The molecule has 1 aromatic carbocycles. The zero-order chi connectivity index (χ0) is 14.8. The highest BCUT2D eigenvalue weighted by Gasteiger charge is 2.25. The average molecular weight is 284 g/mol. The van der Waals surface area contributed by atoms with Gasteiger partial charge >= 0.3 is 0 Å². The van der Waals surface area contributed by atoms with Crippen LogP contribution in [0.1, 0.15) is 32.3 Å². The van der Waals surface area contributed by atoms with Crippen molar-refractivity contribution >= 4 is 16.6 Å². The van der Waals surface area contributed by atoms with E-state index in [9.17, 15) is 0 Å². The highest BCUT2D eigenvalue weighted by Crippen LogP contribution is 2.28. The van der Waals surface area contributed by atoms with Gasteiger partial charge in [-0.05, 0) is 49.4 Å². The summed E-state index contributed by atoms with van der Waals surface area (Å²) in [4.78, 5) is 4.51. The lowest BCUT2D eigenvalue weighted by Crippen LogP contribution is -2.36. The summed E-state index contributed by atoms with van der Waals surface area (Å²) in [5.41, 5.74) is 3.51. The molecule has 1 N–H and O–H groups in total. The molecular weight excluding hydrogens is 260 g/mol. The molecule has 21 heavy (non-hydrogen) atoms. The van der Waals surface area contributed by atoms with Crippen LogP contribution in [0.2, 0.25) is 0 Å². The molecule has 3 heteroatoms. The Labute approximate surface area is 126 Å². The second-order valence-electron chi connectivity index (χ2n) is 6.35. The zero-order valence-electron chi connectivity index (χ0n) is 13.1. The average Bonchev–Trinajstić information content (AvgIpc) is 2.51. The Morgan fingerprint density at radius 1 is 1.29 bits per heavy atom. The van der Waals surface area contributed by atoms with Crippen molar-refractivity contribution in [2.45, 2.75) is 45.8 Å². The lowest BCUT2D eigenvalue weighted by atomic mass is 9.95. The first-order valence-electron chi connectivity index (χ1n) is 7.87. The fraction of sp³-hybridized carbons (Fsp3) is 0.500. The van der Waals surface area contributed by atoms with Gasteiger partial charge in [-0.3, -0.25) is 4.98 Å². The molecule has 2 atom stereocenters. The molecule has 0 spiro atoms. The van der Waals surface area contributed by atoms with E-state index in [2.05, 4.69) is 49.3 Å². The van der Waals surface area contributed by atoms with Gasteiger partial charge < -0.3 is 10.1 Å². The minimum Gasteiger partial charge on any atom is -0.382 e. The van der Waals surface area contributed by atoms with Gasteiger partial charge in [-0.2, -0.15) is 0 Å². The normalized spacial score (nSPS) is 22.7. The van der Waals surface area contributed by atoms with E-state index in [0.717, 1.165) is 25.0 Å². The molecule has 1 fully saturated rings. The van der Waals surface area contributed by atoms with Gasteiger partial charge in [-0.25, -0.2) is 0 Å². The predicted octanol–water partition coefficient (Wildman–Crippen LogP) is 4.16. The highest BCUT2D eigenvalue weighted by atomic mass is 16.5. The molecule has 0 amide bonds. The van der Waals surface area contributed by atoms with E-state index >= 15 is 0 Å². The number of pyridine rings is 1. The molecule has 1 aliphatic rings. The van der Waals surface area contributed by atoms with Crippen molar-refractivity contribution in [3.05, 3.63) is 36.0 Å².